The van der Waals surface area contributed by atoms with Gasteiger partial charge in [0.1, 0.15) is 5.82 Å². The Labute approximate surface area is 656 Å². The lowest BCUT2D eigenvalue weighted by atomic mass is 10.1. The first kappa shape index (κ1) is 80.8. The summed E-state index contributed by atoms with van der Waals surface area (Å²) in [6, 6.07) is 65.3. The molecule has 21 nitrogen and oxygen atoms in total. The van der Waals surface area contributed by atoms with Crippen molar-refractivity contribution in [3.63, 3.8) is 0 Å². The number of benzene rings is 7. The van der Waals surface area contributed by atoms with Gasteiger partial charge < -0.3 is 21.3 Å². The SMILES string of the molecule is CC(C)S(=O)(=O)c1ccc(C(=O)Nc2ccc(Cl)c(-c3ccccn3)c2)cc1.CS(=O)(=O)c1ccc(C(=O)Nc2ccc(Cl)c(-c3ccccn3)c2)cn1.Cc1cc(S(C)(=O)=O)ccc1C(=O)Nc1ccc(Cl)c(-c2ccccn2)c1.Cc1ncc(C(=O)Nc2ccc(Cl)c(-c3ccccn3)c2)c(-c2ccccc2)n1. The second kappa shape index (κ2) is 36.4. The van der Waals surface area contributed by atoms with Gasteiger partial charge in [-0.1, -0.05) is 101 Å². The van der Waals surface area contributed by atoms with E-state index in [-0.39, 0.29) is 38.1 Å². The van der Waals surface area contributed by atoms with Crippen LogP contribution in [0.3, 0.4) is 0 Å². The number of nitrogens with zero attached hydrogens (tertiary/aromatic N) is 7. The first-order valence-corrected chi connectivity index (χ1v) is 40.1. The largest absolute Gasteiger partial charge is 0.322 e. The molecule has 0 saturated heterocycles. The third kappa shape index (κ3) is 21.4. The van der Waals surface area contributed by atoms with Crippen LogP contribution in [0.1, 0.15) is 66.7 Å². The van der Waals surface area contributed by atoms with E-state index in [2.05, 4.69) is 56.2 Å². The van der Waals surface area contributed by atoms with Crippen LogP contribution in [-0.4, -0.2) is 102 Å². The normalized spacial score (nSPS) is 11.1. The number of hydrogen-bond donors (Lipinski definition) is 4. The fourth-order valence-electron chi connectivity index (χ4n) is 10.5. The van der Waals surface area contributed by atoms with E-state index < -0.39 is 40.7 Å². The fraction of sp³-hybridized carbons (Fsp3) is 0.0854. The maximum absolute atomic E-state index is 13.0. The summed E-state index contributed by atoms with van der Waals surface area (Å²) in [6.07, 6.45) is 11.7. The molecule has 4 N–H and O–H groups in total. The minimum absolute atomic E-state index is 0.0852. The molecule has 28 heteroatoms. The number of aryl methyl sites for hydroxylation is 2. The number of nitrogens with one attached hydrogen (secondary N) is 4. The highest BCUT2D eigenvalue weighted by atomic mass is 35.5. The Morgan fingerprint density at radius 1 is 0.364 bits per heavy atom. The summed E-state index contributed by atoms with van der Waals surface area (Å²) < 4.78 is 70.5. The van der Waals surface area contributed by atoms with Crippen LogP contribution < -0.4 is 21.3 Å². The van der Waals surface area contributed by atoms with Crippen molar-refractivity contribution in [3.8, 4) is 56.3 Å². The third-order valence-electron chi connectivity index (χ3n) is 16.2. The third-order valence-corrected chi connectivity index (χ3v) is 21.8. The monoisotopic (exact) mass is 1600 g/mol. The number of carbonyl (C=O) groups excluding carboxylic acids is 4. The Bertz CT molecular complexity index is 5880. The molecule has 0 fully saturated rings. The highest BCUT2D eigenvalue weighted by molar-refractivity contribution is 7.92. The number of halogens is 4. The van der Waals surface area contributed by atoms with Crippen LogP contribution in [0.5, 0.6) is 0 Å². The number of sulfone groups is 3. The van der Waals surface area contributed by atoms with Gasteiger partial charge in [0.2, 0.25) is 0 Å². The average molecular weight is 1600 g/mol. The van der Waals surface area contributed by atoms with E-state index in [1.165, 1.54) is 60.8 Å². The molecule has 0 aliphatic rings. The van der Waals surface area contributed by atoms with Gasteiger partial charge in [0.15, 0.2) is 34.5 Å². The van der Waals surface area contributed by atoms with Gasteiger partial charge in [-0.3, -0.25) is 39.1 Å². The molecule has 0 spiro atoms. The van der Waals surface area contributed by atoms with Gasteiger partial charge in [0.25, 0.3) is 23.6 Å². The molecule has 7 aromatic carbocycles. The molecular formula is C82H67Cl4N11O10S3. The fourth-order valence-corrected chi connectivity index (χ4v) is 13.6. The Morgan fingerprint density at radius 3 is 1.11 bits per heavy atom. The van der Waals surface area contributed by atoms with E-state index in [9.17, 15) is 44.4 Å². The van der Waals surface area contributed by atoms with E-state index in [1.807, 2.05) is 97.1 Å². The molecule has 0 aliphatic carbocycles. The standard InChI is InChI=1S/C23H17ClN4O.C21H19ClN2O3S.C20H17ClN2O3S.C18H14ClN3O3S/c1-15-26-14-19(22(27-15)16-7-3-2-4-8-16)23(29)28-17-10-11-20(24)18(13-17)21-9-5-6-12-25-21;1-14(2)28(26,27)17-9-6-15(7-10-17)21(25)24-16-8-11-19(22)18(13-16)20-5-3-4-12-23-20;1-13-11-15(27(2,25)26)7-8-16(13)20(24)23-14-6-9-18(21)17(12-14)19-5-3-4-10-22-19;1-26(24,25)17-8-5-12(11-21-17)18(23)22-13-6-7-15(19)14(10-13)16-4-2-3-9-20-16/h2-14H,1H3,(H,28,29);3-14H,1-2H3,(H,24,25);3-12H,1-2H3,(H,23,24);2-11H,1H3,(H,22,23). The number of aromatic nitrogens is 7. The smallest absolute Gasteiger partial charge is 0.259 e. The predicted molar refractivity (Wildman–Crippen MR) is 433 cm³/mol. The molecule has 0 bridgehead atoms. The summed E-state index contributed by atoms with van der Waals surface area (Å²) in [7, 11) is -10.1. The molecule has 4 amide bonds. The van der Waals surface area contributed by atoms with Crippen molar-refractivity contribution >= 4 is 122 Å². The molecule has 0 unspecified atom stereocenters. The van der Waals surface area contributed by atoms with E-state index in [1.54, 1.807) is 138 Å². The second-order valence-electron chi connectivity index (χ2n) is 24.5. The lowest BCUT2D eigenvalue weighted by Crippen LogP contribution is -2.15. The van der Waals surface area contributed by atoms with Gasteiger partial charge in [0.05, 0.1) is 74.7 Å². The summed E-state index contributed by atoms with van der Waals surface area (Å²) in [4.78, 5) is 80.6. The second-order valence-corrected chi connectivity index (χ2v) is 32.6. The molecule has 0 saturated carbocycles. The van der Waals surface area contributed by atoms with Crippen molar-refractivity contribution in [3.05, 3.63) is 321 Å². The van der Waals surface area contributed by atoms with E-state index >= 15 is 0 Å². The molecule has 13 rings (SSSR count). The minimum atomic E-state index is -3.41. The molecule has 110 heavy (non-hydrogen) atoms. The van der Waals surface area contributed by atoms with Gasteiger partial charge in [-0.05, 0) is 209 Å². The summed E-state index contributed by atoms with van der Waals surface area (Å²) in [5.41, 5.74) is 11.4. The van der Waals surface area contributed by atoms with Crippen LogP contribution in [-0.2, 0) is 29.5 Å². The van der Waals surface area contributed by atoms with Crippen molar-refractivity contribution in [2.75, 3.05) is 33.8 Å². The highest BCUT2D eigenvalue weighted by Gasteiger charge is 2.22. The average Bonchev–Trinajstić information content (AvgIpc) is 0.821. The lowest BCUT2D eigenvalue weighted by Gasteiger charge is -2.12. The van der Waals surface area contributed by atoms with E-state index in [4.69, 9.17) is 46.4 Å². The summed E-state index contributed by atoms with van der Waals surface area (Å²) in [5.74, 6) is -0.779. The summed E-state index contributed by atoms with van der Waals surface area (Å²) >= 11 is 25.1. The maximum atomic E-state index is 13.0. The molecule has 0 atom stereocenters. The number of carbonyl (C=O) groups is 4. The maximum Gasteiger partial charge on any atom is 0.259 e. The lowest BCUT2D eigenvalue weighted by molar-refractivity contribution is 0.101. The Hall–Kier alpha value is -11.7. The highest BCUT2D eigenvalue weighted by Crippen LogP contribution is 2.35. The van der Waals surface area contributed by atoms with Crippen molar-refractivity contribution in [1.82, 2.24) is 34.9 Å². The van der Waals surface area contributed by atoms with Crippen LogP contribution in [0.25, 0.3) is 56.3 Å². The number of hydrogen-bond acceptors (Lipinski definition) is 17. The summed E-state index contributed by atoms with van der Waals surface area (Å²) in [5, 5.41) is 12.8. The zero-order valence-corrected chi connectivity index (χ0v) is 64.9. The van der Waals surface area contributed by atoms with E-state index in [0.29, 0.717) is 110 Å². The van der Waals surface area contributed by atoms with Crippen LogP contribution in [0.15, 0.2) is 283 Å². The molecule has 6 aromatic heterocycles. The predicted octanol–water partition coefficient (Wildman–Crippen LogP) is 18.1. The first-order chi connectivity index (χ1) is 52.5. The van der Waals surface area contributed by atoms with Gasteiger partial charge in [-0.25, -0.2) is 40.2 Å². The van der Waals surface area contributed by atoms with Crippen LogP contribution in [0.2, 0.25) is 20.1 Å². The van der Waals surface area contributed by atoms with Crippen molar-refractivity contribution < 1.29 is 44.4 Å². The summed E-state index contributed by atoms with van der Waals surface area (Å²) in [6.45, 7) is 6.74. The molecular weight excluding hydrogens is 1540 g/mol. The van der Waals surface area contributed by atoms with Gasteiger partial charge in [-0.2, -0.15) is 0 Å². The van der Waals surface area contributed by atoms with Crippen molar-refractivity contribution in [2.45, 2.75) is 47.8 Å². The number of anilines is 4. The minimum Gasteiger partial charge on any atom is -0.322 e. The first-order valence-electron chi connectivity index (χ1n) is 33.3. The van der Waals surface area contributed by atoms with Crippen LogP contribution in [0, 0.1) is 13.8 Å². The van der Waals surface area contributed by atoms with Crippen molar-refractivity contribution in [2.24, 2.45) is 0 Å². The van der Waals surface area contributed by atoms with Gasteiger partial charge in [0, 0.05) is 111 Å². The molecule has 556 valence electrons. The molecule has 0 radical (unpaired) electrons. The topological polar surface area (TPSA) is 309 Å². The van der Waals surface area contributed by atoms with Gasteiger partial charge in [-0.15, -0.1) is 0 Å². The molecule has 13 aromatic rings. The molecule has 6 heterocycles. The number of amides is 4. The Balaban J connectivity index is 0.000000156. The quantitative estimate of drug-likeness (QED) is 0.0658. The Morgan fingerprint density at radius 2 is 0.745 bits per heavy atom. The zero-order valence-electron chi connectivity index (χ0n) is 59.4. The molecule has 0 aliphatic heterocycles. The number of rotatable bonds is 17. The Kier molecular flexibility index (Phi) is 26.8. The van der Waals surface area contributed by atoms with Crippen LogP contribution >= 0.6 is 46.4 Å². The van der Waals surface area contributed by atoms with Crippen molar-refractivity contribution in [1.29, 1.82) is 0 Å². The zero-order chi connectivity index (χ0) is 78.9. The van der Waals surface area contributed by atoms with Crippen LogP contribution in [0.4, 0.5) is 22.7 Å². The van der Waals surface area contributed by atoms with E-state index in [0.717, 1.165) is 29.3 Å². The number of pyridine rings is 5. The van der Waals surface area contributed by atoms with Gasteiger partial charge >= 0.3 is 0 Å².